The Balaban J connectivity index is 1.83. The van der Waals surface area contributed by atoms with Gasteiger partial charge in [0, 0.05) is 19.2 Å². The van der Waals surface area contributed by atoms with E-state index in [0.29, 0.717) is 30.3 Å². The summed E-state index contributed by atoms with van der Waals surface area (Å²) < 4.78 is 6.39. The van der Waals surface area contributed by atoms with E-state index >= 15 is 0 Å². The molecule has 0 amide bonds. The number of imidazole rings is 1. The van der Waals surface area contributed by atoms with Gasteiger partial charge in [-0.15, -0.1) is 0 Å². The summed E-state index contributed by atoms with van der Waals surface area (Å²) in [5.74, 6) is -0.231. The lowest BCUT2D eigenvalue weighted by Crippen LogP contribution is -2.10. The molecule has 0 atom stereocenters. The molecule has 0 unspecified atom stereocenters. The quantitative estimate of drug-likeness (QED) is 0.716. The van der Waals surface area contributed by atoms with Crippen molar-refractivity contribution in [2.75, 3.05) is 11.9 Å². The number of aromatic carboxylic acids is 1. The van der Waals surface area contributed by atoms with Crippen LogP contribution in [0.4, 0.5) is 5.82 Å². The average molecular weight is 273 g/mol. The van der Waals surface area contributed by atoms with Crippen molar-refractivity contribution >= 4 is 17.4 Å². The highest BCUT2D eigenvalue weighted by molar-refractivity contribution is 5.92. The summed E-state index contributed by atoms with van der Waals surface area (Å²) >= 11 is 0. The summed E-state index contributed by atoms with van der Waals surface area (Å²) in [5.41, 5.74) is 0.677. The van der Waals surface area contributed by atoms with Crippen LogP contribution in [-0.2, 0) is 6.42 Å². The van der Waals surface area contributed by atoms with Crippen molar-refractivity contribution in [1.82, 2.24) is 19.5 Å². The minimum atomic E-state index is -1.04. The van der Waals surface area contributed by atoms with E-state index in [9.17, 15) is 9.90 Å². The number of aromatic nitrogens is 4. The third-order valence-electron chi connectivity index (χ3n) is 2.77. The van der Waals surface area contributed by atoms with E-state index in [1.54, 1.807) is 24.4 Å². The molecule has 3 heterocycles. The lowest BCUT2D eigenvalue weighted by Gasteiger charge is -2.02. The van der Waals surface area contributed by atoms with Crippen molar-refractivity contribution in [3.8, 4) is 0 Å². The molecular weight excluding hydrogens is 262 g/mol. The van der Waals surface area contributed by atoms with Crippen LogP contribution in [0, 0.1) is 0 Å². The number of fused-ring (bicyclic) bond motifs is 1. The van der Waals surface area contributed by atoms with Gasteiger partial charge in [-0.3, -0.25) is 4.40 Å². The van der Waals surface area contributed by atoms with Crippen molar-refractivity contribution < 1.29 is 14.4 Å². The molecule has 2 N–H and O–H groups in total. The van der Waals surface area contributed by atoms with Crippen LogP contribution in [0.3, 0.4) is 0 Å². The second-order valence-electron chi connectivity index (χ2n) is 4.05. The minimum absolute atomic E-state index is 0.103. The molecule has 20 heavy (non-hydrogen) atoms. The zero-order valence-electron chi connectivity index (χ0n) is 10.4. The van der Waals surface area contributed by atoms with E-state index in [2.05, 4.69) is 20.4 Å². The van der Waals surface area contributed by atoms with Gasteiger partial charge in [-0.1, -0.05) is 11.2 Å². The molecule has 3 aromatic heterocycles. The third kappa shape index (κ3) is 2.18. The number of carboxylic acid groups (broad SMARTS) is 1. The number of nitrogens with one attached hydrogen (secondary N) is 1. The fourth-order valence-electron chi connectivity index (χ4n) is 1.92. The number of hydrogen-bond acceptors (Lipinski definition) is 6. The molecule has 0 saturated heterocycles. The van der Waals surface area contributed by atoms with Crippen LogP contribution in [0.5, 0.6) is 0 Å². The number of carboxylic acids is 1. The van der Waals surface area contributed by atoms with Crippen LogP contribution in [0.1, 0.15) is 16.4 Å². The molecule has 3 aromatic rings. The minimum Gasteiger partial charge on any atom is -0.476 e. The molecule has 0 radical (unpaired) electrons. The van der Waals surface area contributed by atoms with Crippen LogP contribution in [-0.4, -0.2) is 37.1 Å². The van der Waals surface area contributed by atoms with Gasteiger partial charge in [-0.05, 0) is 12.1 Å². The second-order valence-corrected chi connectivity index (χ2v) is 4.05. The van der Waals surface area contributed by atoms with E-state index in [4.69, 9.17) is 4.52 Å². The fourth-order valence-corrected chi connectivity index (χ4v) is 1.92. The van der Waals surface area contributed by atoms with Gasteiger partial charge >= 0.3 is 5.97 Å². The lowest BCUT2D eigenvalue weighted by molar-refractivity contribution is 0.0690. The molecule has 0 bridgehead atoms. The van der Waals surface area contributed by atoms with Gasteiger partial charge in [0.25, 0.3) is 0 Å². The standard InChI is InChI=1S/C12H11N5O3/c18-12(19)10-11(13-5-4-9-14-7-15-20-9)16-8-3-1-2-6-17(8)10/h1-3,6-7,13H,4-5H2,(H,18,19). The normalized spacial score (nSPS) is 10.8. The van der Waals surface area contributed by atoms with E-state index in [1.165, 1.54) is 10.7 Å². The molecule has 8 heteroatoms. The molecular formula is C12H11N5O3. The highest BCUT2D eigenvalue weighted by Gasteiger charge is 2.17. The predicted octanol–water partition coefficient (Wildman–Crippen LogP) is 1.07. The first kappa shape index (κ1) is 12.2. The molecule has 0 aliphatic rings. The SMILES string of the molecule is O=C(O)c1c(NCCc2ncno2)nc2ccccn12. The highest BCUT2D eigenvalue weighted by Crippen LogP contribution is 2.17. The van der Waals surface area contributed by atoms with E-state index in [1.807, 2.05) is 0 Å². The van der Waals surface area contributed by atoms with Gasteiger partial charge in [0.05, 0.1) is 0 Å². The van der Waals surface area contributed by atoms with Crippen LogP contribution in [0.15, 0.2) is 35.2 Å². The number of anilines is 1. The van der Waals surface area contributed by atoms with Gasteiger partial charge in [-0.25, -0.2) is 9.78 Å². The number of hydrogen-bond donors (Lipinski definition) is 2. The lowest BCUT2D eigenvalue weighted by atomic mass is 10.4. The summed E-state index contributed by atoms with van der Waals surface area (Å²) in [5, 5.41) is 15.8. The first-order valence-electron chi connectivity index (χ1n) is 5.95. The Hall–Kier alpha value is -2.90. The predicted molar refractivity (Wildman–Crippen MR) is 68.6 cm³/mol. The molecule has 102 valence electrons. The topological polar surface area (TPSA) is 106 Å². The Morgan fingerprint density at radius 1 is 1.45 bits per heavy atom. The Morgan fingerprint density at radius 2 is 2.35 bits per heavy atom. The molecule has 0 aliphatic heterocycles. The summed E-state index contributed by atoms with van der Waals surface area (Å²) in [6, 6.07) is 5.30. The third-order valence-corrected chi connectivity index (χ3v) is 2.77. The molecule has 8 nitrogen and oxygen atoms in total. The van der Waals surface area contributed by atoms with Gasteiger partial charge in [0.15, 0.2) is 17.8 Å². The smallest absolute Gasteiger partial charge is 0.356 e. The summed E-state index contributed by atoms with van der Waals surface area (Å²) in [6.45, 7) is 0.451. The van der Waals surface area contributed by atoms with Crippen LogP contribution in [0.2, 0.25) is 0 Å². The number of nitrogens with zero attached hydrogens (tertiary/aromatic N) is 4. The molecule has 0 aromatic carbocycles. The molecule has 0 aliphatic carbocycles. The number of rotatable bonds is 5. The first-order valence-corrected chi connectivity index (χ1v) is 5.95. The Kier molecular flexibility index (Phi) is 3.04. The number of carbonyl (C=O) groups is 1. The van der Waals surface area contributed by atoms with Crippen molar-refractivity contribution in [3.05, 3.63) is 42.3 Å². The Bertz CT molecular complexity index is 735. The van der Waals surface area contributed by atoms with Crippen molar-refractivity contribution in [1.29, 1.82) is 0 Å². The fraction of sp³-hybridized carbons (Fsp3) is 0.167. The Labute approximate surface area is 113 Å². The largest absolute Gasteiger partial charge is 0.476 e. The summed E-state index contributed by atoms with van der Waals surface area (Å²) in [4.78, 5) is 19.5. The van der Waals surface area contributed by atoms with E-state index in [0.717, 1.165) is 0 Å². The Morgan fingerprint density at radius 3 is 3.10 bits per heavy atom. The first-order chi connectivity index (χ1) is 9.75. The highest BCUT2D eigenvalue weighted by atomic mass is 16.5. The van der Waals surface area contributed by atoms with Crippen LogP contribution in [0.25, 0.3) is 5.65 Å². The van der Waals surface area contributed by atoms with Crippen molar-refractivity contribution in [2.45, 2.75) is 6.42 Å². The van der Waals surface area contributed by atoms with E-state index in [-0.39, 0.29) is 5.69 Å². The zero-order valence-corrected chi connectivity index (χ0v) is 10.4. The van der Waals surface area contributed by atoms with E-state index < -0.39 is 5.97 Å². The molecule has 0 saturated carbocycles. The summed E-state index contributed by atoms with van der Waals surface area (Å²) in [7, 11) is 0. The van der Waals surface area contributed by atoms with Gasteiger partial charge in [0.1, 0.15) is 5.65 Å². The molecule has 0 fully saturated rings. The average Bonchev–Trinajstić information content (AvgIpc) is 3.05. The maximum atomic E-state index is 11.3. The van der Waals surface area contributed by atoms with Gasteiger partial charge in [-0.2, -0.15) is 4.98 Å². The van der Waals surface area contributed by atoms with Crippen LogP contribution >= 0.6 is 0 Å². The van der Waals surface area contributed by atoms with Crippen molar-refractivity contribution in [3.63, 3.8) is 0 Å². The maximum absolute atomic E-state index is 11.3. The van der Waals surface area contributed by atoms with Gasteiger partial charge < -0.3 is 14.9 Å². The monoisotopic (exact) mass is 273 g/mol. The maximum Gasteiger partial charge on any atom is 0.356 e. The zero-order chi connectivity index (χ0) is 13.9. The molecule has 0 spiro atoms. The summed E-state index contributed by atoms with van der Waals surface area (Å²) in [6.07, 6.45) is 3.48. The van der Waals surface area contributed by atoms with Crippen LogP contribution < -0.4 is 5.32 Å². The van der Waals surface area contributed by atoms with Gasteiger partial charge in [0.2, 0.25) is 5.89 Å². The molecule has 3 rings (SSSR count). The number of pyridine rings is 1. The van der Waals surface area contributed by atoms with Crippen molar-refractivity contribution in [2.24, 2.45) is 0 Å². The second kappa shape index (κ2) is 5.00.